The van der Waals surface area contributed by atoms with Crippen molar-refractivity contribution in [2.45, 2.75) is 23.4 Å². The second-order valence-corrected chi connectivity index (χ2v) is 12.2. The van der Waals surface area contributed by atoms with Crippen LogP contribution < -0.4 is 10.1 Å². The van der Waals surface area contributed by atoms with Crippen LogP contribution in [-0.4, -0.2) is 70.7 Å². The molecule has 0 aliphatic carbocycles. The van der Waals surface area contributed by atoms with Gasteiger partial charge in [-0.1, -0.05) is 35.9 Å². The molecule has 1 aliphatic heterocycles. The van der Waals surface area contributed by atoms with E-state index in [1.54, 1.807) is 24.3 Å². The van der Waals surface area contributed by atoms with Gasteiger partial charge in [0, 0.05) is 66.4 Å². The molecule has 1 aromatic carbocycles. The first-order valence-electron chi connectivity index (χ1n) is 10.5. The van der Waals surface area contributed by atoms with Crippen LogP contribution in [0.1, 0.15) is 12.8 Å². The highest BCUT2D eigenvalue weighted by Crippen LogP contribution is 2.37. The third kappa shape index (κ3) is 6.37. The van der Waals surface area contributed by atoms with Crippen LogP contribution in [-0.2, 0) is 24.7 Å². The van der Waals surface area contributed by atoms with Crippen molar-refractivity contribution < 1.29 is 30.8 Å². The van der Waals surface area contributed by atoms with Gasteiger partial charge in [-0.05, 0) is 6.07 Å². The monoisotopic (exact) mass is 545 g/mol. The van der Waals surface area contributed by atoms with Gasteiger partial charge in [-0.25, -0.2) is 26.2 Å². The summed E-state index contributed by atoms with van der Waals surface area (Å²) in [5.41, 5.74) is -1.53. The standard InChI is InChI=1S/C22H25ClFN3O6S2/c1-33-20-14-17(16-6-3-4-7-18(16)23)19(15-26-20)35(31,32)27-11-8-22(24,9-12-27)21(28)25-10-5-13-34(2,29)30/h3-7,13-15H,8-12H2,1-2H3,(H,25,28)/b13-5+. The molecule has 2 heterocycles. The van der Waals surface area contributed by atoms with Gasteiger partial charge in [-0.15, -0.1) is 0 Å². The number of methoxy groups -OCH3 is 1. The minimum absolute atomic E-state index is 0.117. The second kappa shape index (κ2) is 10.6. The number of rotatable bonds is 8. The summed E-state index contributed by atoms with van der Waals surface area (Å²) in [4.78, 5) is 16.3. The molecule has 1 aromatic heterocycles. The fourth-order valence-corrected chi connectivity index (χ4v) is 5.87. The Hall–Kier alpha value is -2.54. The molecule has 1 aliphatic rings. The van der Waals surface area contributed by atoms with Gasteiger partial charge in [0.05, 0.1) is 13.3 Å². The highest BCUT2D eigenvalue weighted by molar-refractivity contribution is 7.93. The molecule has 1 N–H and O–H groups in total. The van der Waals surface area contributed by atoms with E-state index in [0.717, 1.165) is 16.0 Å². The quantitative estimate of drug-likeness (QED) is 0.541. The third-order valence-electron chi connectivity index (χ3n) is 5.48. The van der Waals surface area contributed by atoms with Gasteiger partial charge < -0.3 is 10.1 Å². The number of nitrogens with one attached hydrogen (secondary N) is 1. The molecule has 3 rings (SSSR count). The van der Waals surface area contributed by atoms with Crippen LogP contribution in [0.25, 0.3) is 11.1 Å². The number of pyridine rings is 1. The third-order valence-corrected chi connectivity index (χ3v) is 8.42. The number of hydrogen-bond donors (Lipinski definition) is 1. The van der Waals surface area contributed by atoms with Gasteiger partial charge in [0.25, 0.3) is 5.91 Å². The molecular formula is C22H25ClFN3O6S2. The zero-order valence-corrected chi connectivity index (χ0v) is 21.5. The predicted octanol–water partition coefficient (Wildman–Crippen LogP) is 2.58. The fourth-order valence-electron chi connectivity index (χ4n) is 3.61. The second-order valence-electron chi connectivity index (χ2n) is 7.98. The van der Waals surface area contributed by atoms with E-state index < -0.39 is 31.4 Å². The van der Waals surface area contributed by atoms with E-state index in [4.69, 9.17) is 16.3 Å². The van der Waals surface area contributed by atoms with Gasteiger partial charge in [-0.3, -0.25) is 4.79 Å². The zero-order chi connectivity index (χ0) is 25.9. The summed E-state index contributed by atoms with van der Waals surface area (Å²) in [6, 6.07) is 8.19. The molecule has 0 atom stereocenters. The first kappa shape index (κ1) is 27.1. The smallest absolute Gasteiger partial charge is 0.258 e. The topological polar surface area (TPSA) is 123 Å². The van der Waals surface area contributed by atoms with Gasteiger partial charge >= 0.3 is 0 Å². The SMILES string of the molecule is COc1cc(-c2ccccc2Cl)c(S(=O)(=O)N2CCC(F)(C(=O)NC/C=C/S(C)(=O)=O)CC2)cn1. The Balaban J connectivity index is 1.80. The van der Waals surface area contributed by atoms with E-state index in [1.807, 2.05) is 0 Å². The number of aromatic nitrogens is 1. The molecule has 9 nitrogen and oxygen atoms in total. The number of ether oxygens (including phenoxy) is 1. The van der Waals surface area contributed by atoms with Crippen molar-refractivity contribution in [2.24, 2.45) is 0 Å². The van der Waals surface area contributed by atoms with Gasteiger partial charge in [0.15, 0.2) is 15.5 Å². The molecule has 1 saturated heterocycles. The summed E-state index contributed by atoms with van der Waals surface area (Å²) in [6.45, 7) is -0.642. The number of carbonyl (C=O) groups is 1. The minimum Gasteiger partial charge on any atom is -0.481 e. The van der Waals surface area contributed by atoms with Crippen LogP contribution in [0, 0.1) is 0 Å². The molecule has 0 radical (unpaired) electrons. The average molecular weight is 546 g/mol. The normalized spacial score (nSPS) is 16.8. The highest BCUT2D eigenvalue weighted by atomic mass is 35.5. The van der Waals surface area contributed by atoms with Crippen molar-refractivity contribution in [3.8, 4) is 17.0 Å². The van der Waals surface area contributed by atoms with Crippen LogP contribution in [0.5, 0.6) is 5.88 Å². The van der Waals surface area contributed by atoms with Crippen molar-refractivity contribution in [3.05, 3.63) is 53.0 Å². The summed E-state index contributed by atoms with van der Waals surface area (Å²) >= 11 is 6.31. The van der Waals surface area contributed by atoms with Crippen molar-refractivity contribution in [3.63, 3.8) is 0 Å². The van der Waals surface area contributed by atoms with E-state index in [1.165, 1.54) is 25.4 Å². The van der Waals surface area contributed by atoms with E-state index in [9.17, 15) is 21.6 Å². The molecule has 0 saturated carbocycles. The number of piperidine rings is 1. The largest absolute Gasteiger partial charge is 0.481 e. The van der Waals surface area contributed by atoms with Crippen LogP contribution in [0.2, 0.25) is 5.02 Å². The minimum atomic E-state index is -4.12. The predicted molar refractivity (Wildman–Crippen MR) is 130 cm³/mol. The maximum atomic E-state index is 15.3. The number of sulfone groups is 1. The van der Waals surface area contributed by atoms with Crippen LogP contribution in [0.15, 0.2) is 52.9 Å². The maximum Gasteiger partial charge on any atom is 0.258 e. The summed E-state index contributed by atoms with van der Waals surface area (Å²) < 4.78 is 70.7. The molecular weight excluding hydrogens is 521 g/mol. The number of nitrogens with zero attached hydrogens (tertiary/aromatic N) is 2. The molecule has 2 aromatic rings. The summed E-state index contributed by atoms with van der Waals surface area (Å²) in [5.74, 6) is -0.725. The summed E-state index contributed by atoms with van der Waals surface area (Å²) in [6.07, 6.45) is 2.64. The maximum absolute atomic E-state index is 15.3. The van der Waals surface area contributed by atoms with Gasteiger partial charge in [-0.2, -0.15) is 4.31 Å². The molecule has 1 amide bonds. The van der Waals surface area contributed by atoms with Crippen molar-refractivity contribution in [1.29, 1.82) is 0 Å². The first-order valence-corrected chi connectivity index (χ1v) is 14.3. The molecule has 0 spiro atoms. The average Bonchev–Trinajstić information content (AvgIpc) is 2.81. The lowest BCUT2D eigenvalue weighted by Gasteiger charge is -2.34. The van der Waals surface area contributed by atoms with E-state index in [-0.39, 0.29) is 48.8 Å². The Morgan fingerprint density at radius 2 is 1.89 bits per heavy atom. The molecule has 0 unspecified atom stereocenters. The lowest BCUT2D eigenvalue weighted by Crippen LogP contribution is -2.52. The van der Waals surface area contributed by atoms with E-state index in [2.05, 4.69) is 10.3 Å². The van der Waals surface area contributed by atoms with Gasteiger partial charge in [0.1, 0.15) is 4.90 Å². The Kier molecular flexibility index (Phi) is 8.20. The Bertz CT molecular complexity index is 1340. The van der Waals surface area contributed by atoms with Crippen molar-refractivity contribution >= 4 is 37.4 Å². The number of amides is 1. The van der Waals surface area contributed by atoms with Crippen molar-refractivity contribution in [1.82, 2.24) is 14.6 Å². The molecule has 0 bridgehead atoms. The van der Waals surface area contributed by atoms with Crippen LogP contribution in [0.3, 0.4) is 0 Å². The Morgan fingerprint density at radius 1 is 1.23 bits per heavy atom. The zero-order valence-electron chi connectivity index (χ0n) is 19.1. The van der Waals surface area contributed by atoms with E-state index >= 15 is 4.39 Å². The fraction of sp³-hybridized carbons (Fsp3) is 0.364. The number of hydrogen-bond acceptors (Lipinski definition) is 7. The highest BCUT2D eigenvalue weighted by Gasteiger charge is 2.44. The van der Waals surface area contributed by atoms with Crippen molar-refractivity contribution in [2.75, 3.05) is 33.0 Å². The van der Waals surface area contributed by atoms with Crippen LogP contribution >= 0.6 is 11.6 Å². The summed E-state index contributed by atoms with van der Waals surface area (Å²) in [5, 5.41) is 3.57. The number of sulfonamides is 1. The molecule has 13 heteroatoms. The van der Waals surface area contributed by atoms with Gasteiger partial charge in [0.2, 0.25) is 15.9 Å². The number of alkyl halides is 1. The molecule has 1 fully saturated rings. The Labute approximate surface area is 208 Å². The lowest BCUT2D eigenvalue weighted by molar-refractivity contribution is -0.135. The lowest BCUT2D eigenvalue weighted by atomic mass is 9.93. The molecule has 35 heavy (non-hydrogen) atoms. The number of carbonyl (C=O) groups excluding carboxylic acids is 1. The number of halogens is 2. The summed E-state index contributed by atoms with van der Waals surface area (Å²) in [7, 11) is -6.08. The van der Waals surface area contributed by atoms with Crippen LogP contribution in [0.4, 0.5) is 4.39 Å². The molecule has 190 valence electrons. The first-order chi connectivity index (χ1) is 16.4. The number of benzene rings is 1. The van der Waals surface area contributed by atoms with E-state index in [0.29, 0.717) is 10.6 Å². The Morgan fingerprint density at radius 3 is 2.49 bits per heavy atom.